The topological polar surface area (TPSA) is 24.5 Å². The van der Waals surface area contributed by atoms with E-state index in [1.54, 1.807) is 0 Å². The summed E-state index contributed by atoms with van der Waals surface area (Å²) >= 11 is 0. The van der Waals surface area contributed by atoms with Crippen molar-refractivity contribution in [2.45, 2.75) is 58.2 Å². The fraction of sp³-hybridized carbons (Fsp3) is 1.00. The third-order valence-corrected chi connectivity index (χ3v) is 4.35. The van der Waals surface area contributed by atoms with Gasteiger partial charge in [-0.3, -0.25) is 4.90 Å². The minimum atomic E-state index is 0.416. The van der Waals surface area contributed by atoms with Crippen LogP contribution in [0.4, 0.5) is 0 Å². The maximum Gasteiger partial charge on any atom is 0.0703 e. The lowest BCUT2D eigenvalue weighted by Gasteiger charge is -2.38. The quantitative estimate of drug-likeness (QED) is 0.812. The molecule has 2 fully saturated rings. The molecule has 2 heterocycles. The molecule has 100 valence electrons. The highest BCUT2D eigenvalue weighted by atomic mass is 16.5. The predicted molar refractivity (Wildman–Crippen MR) is 71.3 cm³/mol. The van der Waals surface area contributed by atoms with Gasteiger partial charge in [0.05, 0.1) is 6.10 Å². The summed E-state index contributed by atoms with van der Waals surface area (Å²) in [6, 6.07) is 1.28. The summed E-state index contributed by atoms with van der Waals surface area (Å²) < 4.78 is 5.73. The van der Waals surface area contributed by atoms with Gasteiger partial charge in [0.15, 0.2) is 0 Å². The smallest absolute Gasteiger partial charge is 0.0703 e. The minimum Gasteiger partial charge on any atom is -0.377 e. The van der Waals surface area contributed by atoms with E-state index in [0.29, 0.717) is 18.2 Å². The third kappa shape index (κ3) is 3.43. The first-order valence-corrected chi connectivity index (χ1v) is 7.26. The number of piperidine rings is 1. The zero-order valence-electron chi connectivity index (χ0n) is 11.6. The Bertz CT molecular complexity index is 226. The highest BCUT2D eigenvalue weighted by molar-refractivity contribution is 4.86. The first-order chi connectivity index (χ1) is 8.18. The van der Waals surface area contributed by atoms with Crippen LogP contribution in [-0.4, -0.2) is 49.3 Å². The van der Waals surface area contributed by atoms with Crippen molar-refractivity contribution in [1.82, 2.24) is 10.2 Å². The Balaban J connectivity index is 1.91. The van der Waals surface area contributed by atoms with Crippen molar-refractivity contribution in [2.24, 2.45) is 5.92 Å². The van der Waals surface area contributed by atoms with Gasteiger partial charge in [-0.1, -0.05) is 0 Å². The molecule has 0 spiro atoms. The normalized spacial score (nSPS) is 31.6. The van der Waals surface area contributed by atoms with E-state index in [4.69, 9.17) is 4.74 Å². The van der Waals surface area contributed by atoms with Crippen LogP contribution < -0.4 is 5.32 Å². The van der Waals surface area contributed by atoms with Gasteiger partial charge in [0.1, 0.15) is 0 Å². The van der Waals surface area contributed by atoms with E-state index in [2.05, 4.69) is 31.0 Å². The van der Waals surface area contributed by atoms with Gasteiger partial charge in [-0.15, -0.1) is 0 Å². The molecule has 17 heavy (non-hydrogen) atoms. The molecular formula is C14H28N2O. The van der Waals surface area contributed by atoms with E-state index in [1.165, 1.54) is 38.9 Å². The Morgan fingerprint density at radius 3 is 2.47 bits per heavy atom. The van der Waals surface area contributed by atoms with Gasteiger partial charge in [-0.25, -0.2) is 0 Å². The van der Waals surface area contributed by atoms with Gasteiger partial charge in [-0.2, -0.15) is 0 Å². The van der Waals surface area contributed by atoms with E-state index in [9.17, 15) is 0 Å². The number of hydrogen-bond donors (Lipinski definition) is 1. The minimum absolute atomic E-state index is 0.416. The summed E-state index contributed by atoms with van der Waals surface area (Å²) in [5, 5.41) is 3.45. The molecule has 2 rings (SSSR count). The first kappa shape index (κ1) is 13.3. The van der Waals surface area contributed by atoms with Crippen molar-refractivity contribution in [3.63, 3.8) is 0 Å². The molecule has 2 atom stereocenters. The summed E-state index contributed by atoms with van der Waals surface area (Å²) in [5.41, 5.74) is 0. The van der Waals surface area contributed by atoms with Crippen molar-refractivity contribution in [2.75, 3.05) is 26.2 Å². The number of ether oxygens (including phenoxy) is 1. The van der Waals surface area contributed by atoms with Crippen LogP contribution in [0, 0.1) is 5.92 Å². The first-order valence-electron chi connectivity index (χ1n) is 7.26. The number of nitrogens with zero attached hydrogens (tertiary/aromatic N) is 1. The van der Waals surface area contributed by atoms with Gasteiger partial charge in [0.2, 0.25) is 0 Å². The standard InChI is InChI=1S/C14H28N2O/c1-11(2)16(14-6-9-17-12(14)3)10-13-4-7-15-8-5-13/h11-15H,4-10H2,1-3H3. The maximum atomic E-state index is 5.73. The number of hydrogen-bond acceptors (Lipinski definition) is 3. The van der Waals surface area contributed by atoms with Crippen molar-refractivity contribution < 1.29 is 4.74 Å². The molecule has 1 N–H and O–H groups in total. The number of nitrogens with one attached hydrogen (secondary N) is 1. The summed E-state index contributed by atoms with van der Waals surface area (Å²) in [6.07, 6.45) is 4.31. The van der Waals surface area contributed by atoms with E-state index in [-0.39, 0.29) is 0 Å². The average Bonchev–Trinajstić information content (AvgIpc) is 2.73. The second-order valence-electron chi connectivity index (χ2n) is 5.92. The Morgan fingerprint density at radius 1 is 1.24 bits per heavy atom. The van der Waals surface area contributed by atoms with E-state index in [1.807, 2.05) is 0 Å². The van der Waals surface area contributed by atoms with Crippen molar-refractivity contribution >= 4 is 0 Å². The predicted octanol–water partition coefficient (Wildman–Crippen LogP) is 1.87. The molecule has 0 aliphatic carbocycles. The van der Waals surface area contributed by atoms with Crippen LogP contribution >= 0.6 is 0 Å². The third-order valence-electron chi connectivity index (χ3n) is 4.35. The van der Waals surface area contributed by atoms with Crippen LogP contribution in [0.3, 0.4) is 0 Å². The lowest BCUT2D eigenvalue weighted by atomic mass is 9.95. The highest BCUT2D eigenvalue weighted by Crippen LogP contribution is 2.24. The molecule has 0 aromatic heterocycles. The summed E-state index contributed by atoms with van der Waals surface area (Å²) in [7, 11) is 0. The fourth-order valence-corrected chi connectivity index (χ4v) is 3.25. The van der Waals surface area contributed by atoms with Crippen molar-refractivity contribution in [1.29, 1.82) is 0 Å². The molecule has 0 amide bonds. The fourth-order valence-electron chi connectivity index (χ4n) is 3.25. The second kappa shape index (κ2) is 6.17. The second-order valence-corrected chi connectivity index (χ2v) is 5.92. The van der Waals surface area contributed by atoms with Gasteiger partial charge in [0, 0.05) is 25.2 Å². The molecule has 3 nitrogen and oxygen atoms in total. The molecule has 2 aliphatic heterocycles. The molecule has 0 saturated carbocycles. The Morgan fingerprint density at radius 2 is 1.94 bits per heavy atom. The Hall–Kier alpha value is -0.120. The molecule has 3 heteroatoms. The molecule has 2 saturated heterocycles. The van der Waals surface area contributed by atoms with Crippen LogP contribution in [0.1, 0.15) is 40.0 Å². The molecule has 0 radical (unpaired) electrons. The molecular weight excluding hydrogens is 212 g/mol. The Labute approximate surface area is 106 Å². The number of rotatable bonds is 4. The van der Waals surface area contributed by atoms with Crippen LogP contribution in [0.5, 0.6) is 0 Å². The van der Waals surface area contributed by atoms with E-state index >= 15 is 0 Å². The summed E-state index contributed by atoms with van der Waals surface area (Å²) in [4.78, 5) is 2.69. The van der Waals surface area contributed by atoms with Crippen LogP contribution in [0.2, 0.25) is 0 Å². The van der Waals surface area contributed by atoms with Crippen LogP contribution in [0.15, 0.2) is 0 Å². The van der Waals surface area contributed by atoms with E-state index < -0.39 is 0 Å². The monoisotopic (exact) mass is 240 g/mol. The van der Waals surface area contributed by atoms with Crippen molar-refractivity contribution in [3.05, 3.63) is 0 Å². The van der Waals surface area contributed by atoms with Crippen molar-refractivity contribution in [3.8, 4) is 0 Å². The van der Waals surface area contributed by atoms with Gasteiger partial charge in [0.25, 0.3) is 0 Å². The zero-order valence-corrected chi connectivity index (χ0v) is 11.6. The lowest BCUT2D eigenvalue weighted by Crippen LogP contribution is -2.47. The molecule has 0 aromatic rings. The zero-order chi connectivity index (χ0) is 12.3. The molecule has 0 aromatic carbocycles. The maximum absolute atomic E-state index is 5.73. The average molecular weight is 240 g/mol. The molecule has 2 unspecified atom stereocenters. The van der Waals surface area contributed by atoms with Gasteiger partial charge in [-0.05, 0) is 59.0 Å². The largest absolute Gasteiger partial charge is 0.377 e. The Kier molecular flexibility index (Phi) is 4.83. The van der Waals surface area contributed by atoms with Gasteiger partial charge < -0.3 is 10.1 Å². The van der Waals surface area contributed by atoms with E-state index in [0.717, 1.165) is 12.5 Å². The highest BCUT2D eigenvalue weighted by Gasteiger charge is 2.32. The molecule has 2 aliphatic rings. The van der Waals surface area contributed by atoms with Crippen LogP contribution in [0.25, 0.3) is 0 Å². The summed E-state index contributed by atoms with van der Waals surface area (Å²) in [6.45, 7) is 11.5. The summed E-state index contributed by atoms with van der Waals surface area (Å²) in [5.74, 6) is 0.881. The van der Waals surface area contributed by atoms with Gasteiger partial charge >= 0.3 is 0 Å². The molecule has 0 bridgehead atoms. The lowest BCUT2D eigenvalue weighted by molar-refractivity contribution is 0.0485. The SMILES string of the molecule is CC1OCCC1N(CC1CCNCC1)C(C)C. The van der Waals surface area contributed by atoms with Crippen LogP contribution in [-0.2, 0) is 4.74 Å².